The number of nitrogens with zero attached hydrogens (tertiary/aromatic N) is 5. The Balaban J connectivity index is 1.45. The SMILES string of the molecule is c1csc(-c2nc(NCC3CCCO3)ncc2-c2ccnc(N3CCOCC3)n2)c1. The largest absolute Gasteiger partial charge is 0.378 e. The van der Waals surface area contributed by atoms with Gasteiger partial charge in [-0.15, -0.1) is 11.3 Å². The summed E-state index contributed by atoms with van der Waals surface area (Å²) in [5.41, 5.74) is 2.60. The first-order chi connectivity index (χ1) is 14.9. The van der Waals surface area contributed by atoms with Gasteiger partial charge in [-0.2, -0.15) is 0 Å². The summed E-state index contributed by atoms with van der Waals surface area (Å²) in [7, 11) is 0. The van der Waals surface area contributed by atoms with Crippen molar-refractivity contribution in [3.63, 3.8) is 0 Å². The van der Waals surface area contributed by atoms with Gasteiger partial charge in [0.15, 0.2) is 0 Å². The number of thiophene rings is 1. The molecule has 0 aliphatic carbocycles. The third-order valence-electron chi connectivity index (χ3n) is 5.27. The minimum absolute atomic E-state index is 0.233. The smallest absolute Gasteiger partial charge is 0.226 e. The van der Waals surface area contributed by atoms with Gasteiger partial charge in [-0.25, -0.2) is 19.9 Å². The maximum atomic E-state index is 5.69. The first-order valence-corrected chi connectivity index (χ1v) is 11.2. The van der Waals surface area contributed by atoms with Crippen molar-refractivity contribution in [3.05, 3.63) is 36.0 Å². The summed E-state index contributed by atoms with van der Waals surface area (Å²) in [4.78, 5) is 21.9. The number of hydrogen-bond donors (Lipinski definition) is 1. The molecule has 8 nitrogen and oxygen atoms in total. The molecule has 0 amide bonds. The van der Waals surface area contributed by atoms with E-state index in [1.54, 1.807) is 17.5 Å². The van der Waals surface area contributed by atoms with Crippen LogP contribution in [0.25, 0.3) is 21.8 Å². The molecule has 5 heterocycles. The van der Waals surface area contributed by atoms with Crippen LogP contribution in [0.5, 0.6) is 0 Å². The minimum atomic E-state index is 0.233. The molecular formula is C21H24N6O2S. The van der Waals surface area contributed by atoms with E-state index in [9.17, 15) is 0 Å². The molecule has 3 aromatic rings. The standard InChI is InChI=1S/C21H24N6O2S/c1-3-15(29-9-1)13-23-20-24-14-16(19(26-20)18-4-2-12-30-18)17-5-6-22-21(25-17)27-7-10-28-11-8-27/h2,4-6,12,14-15H,1,3,7-11,13H2,(H,23,24,26). The zero-order valence-corrected chi connectivity index (χ0v) is 17.5. The second-order valence-corrected chi connectivity index (χ2v) is 8.24. The Labute approximate surface area is 179 Å². The highest BCUT2D eigenvalue weighted by Gasteiger charge is 2.19. The predicted molar refractivity (Wildman–Crippen MR) is 117 cm³/mol. The van der Waals surface area contributed by atoms with Crippen molar-refractivity contribution in [3.8, 4) is 21.8 Å². The van der Waals surface area contributed by atoms with E-state index < -0.39 is 0 Å². The maximum Gasteiger partial charge on any atom is 0.226 e. The number of morpholine rings is 1. The highest BCUT2D eigenvalue weighted by Crippen LogP contribution is 2.33. The van der Waals surface area contributed by atoms with Crippen molar-refractivity contribution < 1.29 is 9.47 Å². The fraction of sp³-hybridized carbons (Fsp3) is 0.429. The predicted octanol–water partition coefficient (Wildman–Crippen LogP) is 3.09. The van der Waals surface area contributed by atoms with Crippen molar-refractivity contribution in [2.24, 2.45) is 0 Å². The lowest BCUT2D eigenvalue weighted by Crippen LogP contribution is -2.37. The van der Waals surface area contributed by atoms with Crippen LogP contribution in [0.4, 0.5) is 11.9 Å². The molecule has 2 saturated heterocycles. The van der Waals surface area contributed by atoms with Crippen molar-refractivity contribution >= 4 is 23.2 Å². The third-order valence-corrected chi connectivity index (χ3v) is 6.14. The average Bonchev–Trinajstić information content (AvgIpc) is 3.53. The van der Waals surface area contributed by atoms with Crippen LogP contribution in [0.3, 0.4) is 0 Å². The van der Waals surface area contributed by atoms with Gasteiger partial charge in [-0.1, -0.05) is 6.07 Å². The highest BCUT2D eigenvalue weighted by molar-refractivity contribution is 7.13. The topological polar surface area (TPSA) is 85.3 Å². The van der Waals surface area contributed by atoms with E-state index in [0.717, 1.165) is 60.9 Å². The summed E-state index contributed by atoms with van der Waals surface area (Å²) in [6.07, 6.45) is 6.08. The summed E-state index contributed by atoms with van der Waals surface area (Å²) in [6, 6.07) is 6.02. The van der Waals surface area contributed by atoms with Crippen LogP contribution in [-0.2, 0) is 9.47 Å². The lowest BCUT2D eigenvalue weighted by atomic mass is 10.1. The molecule has 1 N–H and O–H groups in total. The van der Waals surface area contributed by atoms with Gasteiger partial charge in [-0.05, 0) is 30.4 Å². The number of ether oxygens (including phenoxy) is 2. The zero-order valence-electron chi connectivity index (χ0n) is 16.7. The summed E-state index contributed by atoms with van der Waals surface area (Å²) in [5.74, 6) is 1.33. The van der Waals surface area contributed by atoms with Gasteiger partial charge in [0.05, 0.1) is 35.6 Å². The molecule has 1 atom stereocenters. The molecule has 9 heteroatoms. The average molecular weight is 425 g/mol. The number of aromatic nitrogens is 4. The van der Waals surface area contributed by atoms with E-state index in [4.69, 9.17) is 19.4 Å². The monoisotopic (exact) mass is 424 g/mol. The van der Waals surface area contributed by atoms with E-state index in [-0.39, 0.29) is 6.10 Å². The second-order valence-electron chi connectivity index (χ2n) is 7.29. The Morgan fingerprint density at radius 2 is 2.07 bits per heavy atom. The molecular weight excluding hydrogens is 400 g/mol. The van der Waals surface area contributed by atoms with E-state index in [2.05, 4.69) is 31.6 Å². The summed E-state index contributed by atoms with van der Waals surface area (Å²) >= 11 is 1.66. The summed E-state index contributed by atoms with van der Waals surface area (Å²) in [6.45, 7) is 4.54. The second kappa shape index (κ2) is 9.03. The molecule has 30 heavy (non-hydrogen) atoms. The molecule has 0 spiro atoms. The number of nitrogens with one attached hydrogen (secondary N) is 1. The van der Waals surface area contributed by atoms with Gasteiger partial charge in [0, 0.05) is 44.2 Å². The first-order valence-electron chi connectivity index (χ1n) is 10.3. The van der Waals surface area contributed by atoms with Crippen LogP contribution >= 0.6 is 11.3 Å². The lowest BCUT2D eigenvalue weighted by Gasteiger charge is -2.26. The molecule has 0 aromatic carbocycles. The van der Waals surface area contributed by atoms with Gasteiger partial charge >= 0.3 is 0 Å². The van der Waals surface area contributed by atoms with Gasteiger partial charge < -0.3 is 19.7 Å². The fourth-order valence-electron chi connectivity index (χ4n) is 3.68. The van der Waals surface area contributed by atoms with E-state index in [1.165, 1.54) is 0 Å². The number of hydrogen-bond acceptors (Lipinski definition) is 9. The van der Waals surface area contributed by atoms with Crippen LogP contribution in [0.15, 0.2) is 36.0 Å². The fourth-order valence-corrected chi connectivity index (χ4v) is 4.41. The summed E-state index contributed by atoms with van der Waals surface area (Å²) < 4.78 is 11.1. The normalized spacial score (nSPS) is 19.2. The van der Waals surface area contributed by atoms with Crippen LogP contribution in [-0.4, -0.2) is 65.5 Å². The quantitative estimate of drug-likeness (QED) is 0.646. The molecule has 1 unspecified atom stereocenters. The maximum absolute atomic E-state index is 5.69. The van der Waals surface area contributed by atoms with Crippen molar-refractivity contribution in [2.45, 2.75) is 18.9 Å². The summed E-state index contributed by atoms with van der Waals surface area (Å²) in [5, 5.41) is 5.39. The Morgan fingerprint density at radius 3 is 2.87 bits per heavy atom. The highest BCUT2D eigenvalue weighted by atomic mass is 32.1. The van der Waals surface area contributed by atoms with Crippen LogP contribution in [0.1, 0.15) is 12.8 Å². The first kappa shape index (κ1) is 19.3. The molecule has 5 rings (SSSR count). The molecule has 0 saturated carbocycles. The molecule has 156 valence electrons. The van der Waals surface area contributed by atoms with Gasteiger partial charge in [0.1, 0.15) is 0 Å². The van der Waals surface area contributed by atoms with Crippen LogP contribution < -0.4 is 10.2 Å². The lowest BCUT2D eigenvalue weighted by molar-refractivity contribution is 0.120. The van der Waals surface area contributed by atoms with Gasteiger partial charge in [0.25, 0.3) is 0 Å². The molecule has 0 radical (unpaired) electrons. The van der Waals surface area contributed by atoms with E-state index in [0.29, 0.717) is 25.1 Å². The third kappa shape index (κ3) is 4.28. The van der Waals surface area contributed by atoms with Crippen LogP contribution in [0, 0.1) is 0 Å². The number of rotatable bonds is 6. The van der Waals surface area contributed by atoms with Gasteiger partial charge in [0.2, 0.25) is 11.9 Å². The minimum Gasteiger partial charge on any atom is -0.378 e. The molecule has 2 aliphatic rings. The Morgan fingerprint density at radius 1 is 1.13 bits per heavy atom. The molecule has 3 aromatic heterocycles. The Bertz CT molecular complexity index is 971. The molecule has 0 bridgehead atoms. The Kier molecular flexibility index (Phi) is 5.82. The van der Waals surface area contributed by atoms with E-state index >= 15 is 0 Å². The van der Waals surface area contributed by atoms with Crippen molar-refractivity contribution in [1.82, 2.24) is 19.9 Å². The number of anilines is 2. The van der Waals surface area contributed by atoms with Gasteiger partial charge in [-0.3, -0.25) is 0 Å². The Hall–Kier alpha value is -2.62. The molecule has 2 fully saturated rings. The van der Waals surface area contributed by atoms with Crippen molar-refractivity contribution in [2.75, 3.05) is 49.7 Å². The van der Waals surface area contributed by atoms with Crippen molar-refractivity contribution in [1.29, 1.82) is 0 Å². The zero-order chi connectivity index (χ0) is 20.2. The molecule has 2 aliphatic heterocycles. The van der Waals surface area contributed by atoms with E-state index in [1.807, 2.05) is 18.3 Å². The van der Waals surface area contributed by atoms with Crippen LogP contribution in [0.2, 0.25) is 0 Å².